The van der Waals surface area contributed by atoms with Gasteiger partial charge in [-0.1, -0.05) is 156 Å². The van der Waals surface area contributed by atoms with E-state index in [1.165, 1.54) is 12.1 Å². The zero-order valence-electron chi connectivity index (χ0n) is 41.0. The summed E-state index contributed by atoms with van der Waals surface area (Å²) >= 11 is 0. The highest BCUT2D eigenvalue weighted by molar-refractivity contribution is 6.14. The van der Waals surface area contributed by atoms with E-state index in [1.54, 1.807) is 12.1 Å². The minimum absolute atomic E-state index is 0.114. The Bertz CT molecular complexity index is 4110. The van der Waals surface area contributed by atoms with Crippen LogP contribution in [0.5, 0.6) is 0 Å². The van der Waals surface area contributed by atoms with Crippen LogP contribution in [0.2, 0.25) is 0 Å². The Kier molecular flexibility index (Phi) is 10.9. The number of halogens is 3. The maximum atomic E-state index is 15.7. The van der Waals surface area contributed by atoms with Crippen molar-refractivity contribution in [1.82, 2.24) is 9.13 Å². The third kappa shape index (κ3) is 7.87. The smallest absolute Gasteiger partial charge is 0.309 e. The summed E-state index contributed by atoms with van der Waals surface area (Å²) in [5.41, 5.74) is 15.9. The van der Waals surface area contributed by atoms with Crippen LogP contribution in [0.3, 0.4) is 0 Å². The average molecular weight is 963 g/mol. The molecule has 7 heteroatoms. The largest absolute Gasteiger partial charge is 0.415 e. The first-order chi connectivity index (χ1) is 35.8. The fourth-order valence-electron chi connectivity index (χ4n) is 10.6. The molecular weight excluding hydrogens is 918 g/mol. The molecule has 0 atom stereocenters. The molecule has 74 heavy (non-hydrogen) atoms. The molecule has 0 aliphatic rings. The lowest BCUT2D eigenvalue weighted by Gasteiger charge is -2.21. The number of nitriles is 1. The van der Waals surface area contributed by atoms with E-state index in [1.807, 2.05) is 45.5 Å². The number of rotatable bonds is 7. The maximum absolute atomic E-state index is 15.7. The summed E-state index contributed by atoms with van der Waals surface area (Å²) in [4.78, 5) is 3.43. The molecule has 2 heterocycles. The molecule has 12 rings (SSSR count). The fraction of sp³-hybridized carbons (Fsp3) is 0.0746. The zero-order valence-corrected chi connectivity index (χ0v) is 41.0. The van der Waals surface area contributed by atoms with Gasteiger partial charge in [-0.25, -0.2) is 4.85 Å². The second kappa shape index (κ2) is 17.7. The van der Waals surface area contributed by atoms with Gasteiger partial charge in [-0.3, -0.25) is 0 Å². The zero-order chi connectivity index (χ0) is 51.0. The predicted molar refractivity (Wildman–Crippen MR) is 297 cm³/mol. The first-order valence-electron chi connectivity index (χ1n) is 24.5. The predicted octanol–water partition coefficient (Wildman–Crippen LogP) is 18.9. The van der Waals surface area contributed by atoms with Crippen LogP contribution in [-0.4, -0.2) is 9.13 Å². The summed E-state index contributed by atoms with van der Waals surface area (Å²) in [6.45, 7) is 16.0. The number of fused-ring (bicyclic) bond motifs is 6. The van der Waals surface area contributed by atoms with Crippen molar-refractivity contribution in [3.05, 3.63) is 245 Å². The maximum Gasteiger partial charge on any atom is 0.415 e. The molecule has 0 aliphatic heterocycles. The van der Waals surface area contributed by atoms with E-state index in [4.69, 9.17) is 6.57 Å². The topological polar surface area (TPSA) is 38.0 Å². The van der Waals surface area contributed by atoms with E-state index in [2.05, 4.69) is 172 Å². The summed E-state index contributed by atoms with van der Waals surface area (Å²) in [7, 11) is 0. The van der Waals surface area contributed by atoms with Crippen LogP contribution in [0.4, 0.5) is 18.9 Å². The Morgan fingerprint density at radius 2 is 0.730 bits per heavy atom. The van der Waals surface area contributed by atoms with E-state index in [0.29, 0.717) is 11.4 Å². The van der Waals surface area contributed by atoms with Crippen molar-refractivity contribution in [1.29, 1.82) is 5.26 Å². The Morgan fingerprint density at radius 3 is 1.05 bits per heavy atom. The molecule has 0 bridgehead atoms. The van der Waals surface area contributed by atoms with Crippen LogP contribution < -0.4 is 0 Å². The molecule has 10 aromatic carbocycles. The number of benzene rings is 10. The number of nitrogens with zero attached hydrogens (tertiary/aromatic N) is 4. The van der Waals surface area contributed by atoms with Gasteiger partial charge in [0.1, 0.15) is 6.07 Å². The molecule has 0 N–H and O–H groups in total. The molecule has 0 unspecified atom stereocenters. The third-order valence-electron chi connectivity index (χ3n) is 14.5. The molecular formula is C67H45F3N4. The second-order valence-electron chi connectivity index (χ2n) is 19.4. The quantitative estimate of drug-likeness (QED) is 0.147. The molecule has 0 aliphatic carbocycles. The van der Waals surface area contributed by atoms with Crippen LogP contribution in [0.25, 0.3) is 115 Å². The van der Waals surface area contributed by atoms with Crippen LogP contribution in [0, 0.1) is 45.6 Å². The van der Waals surface area contributed by atoms with Gasteiger partial charge in [0.25, 0.3) is 0 Å². The first-order valence-corrected chi connectivity index (χ1v) is 24.5. The fourth-order valence-corrected chi connectivity index (χ4v) is 10.6. The number of aryl methyl sites for hydroxylation is 4. The van der Waals surface area contributed by atoms with Gasteiger partial charge in [0.2, 0.25) is 0 Å². The monoisotopic (exact) mass is 962 g/mol. The van der Waals surface area contributed by atoms with Gasteiger partial charge in [-0.05, 0) is 144 Å². The summed E-state index contributed by atoms with van der Waals surface area (Å²) in [5, 5.41) is 15.1. The molecule has 4 nitrogen and oxygen atoms in total. The van der Waals surface area contributed by atoms with Gasteiger partial charge in [0.15, 0.2) is 5.69 Å². The lowest BCUT2D eigenvalue weighted by atomic mass is 9.94. The molecule has 2 aromatic heterocycles. The van der Waals surface area contributed by atoms with Gasteiger partial charge in [-0.2, -0.15) is 18.4 Å². The highest BCUT2D eigenvalue weighted by Gasteiger charge is 2.35. The van der Waals surface area contributed by atoms with E-state index in [9.17, 15) is 5.26 Å². The van der Waals surface area contributed by atoms with E-state index < -0.39 is 11.7 Å². The van der Waals surface area contributed by atoms with Crippen LogP contribution >= 0.6 is 0 Å². The van der Waals surface area contributed by atoms with Gasteiger partial charge >= 0.3 is 6.18 Å². The molecule has 0 saturated carbocycles. The Hall–Kier alpha value is -9.43. The average Bonchev–Trinajstić information content (AvgIpc) is 3.92. The third-order valence-corrected chi connectivity index (χ3v) is 14.5. The van der Waals surface area contributed by atoms with Crippen LogP contribution in [0.15, 0.2) is 200 Å². The van der Waals surface area contributed by atoms with Crippen molar-refractivity contribution in [3.63, 3.8) is 0 Å². The summed E-state index contributed by atoms with van der Waals surface area (Å²) < 4.78 is 51.0. The number of hydrogen-bond acceptors (Lipinski definition) is 1. The van der Waals surface area contributed by atoms with Gasteiger partial charge < -0.3 is 9.13 Å². The number of alkyl halides is 3. The van der Waals surface area contributed by atoms with Crippen LogP contribution in [0.1, 0.15) is 33.4 Å². The highest BCUT2D eigenvalue weighted by Crippen LogP contribution is 2.47. The minimum Gasteiger partial charge on any atom is -0.309 e. The van der Waals surface area contributed by atoms with Crippen molar-refractivity contribution in [3.8, 4) is 73.1 Å². The minimum atomic E-state index is -4.83. The highest BCUT2D eigenvalue weighted by atomic mass is 19.4. The number of hydrogen-bond donors (Lipinski definition) is 0. The Labute approximate surface area is 426 Å². The van der Waals surface area contributed by atoms with Crippen molar-refractivity contribution < 1.29 is 13.2 Å². The molecule has 0 saturated heterocycles. The van der Waals surface area contributed by atoms with Crippen molar-refractivity contribution in [2.75, 3.05) is 0 Å². The van der Waals surface area contributed by atoms with Gasteiger partial charge in [0.05, 0.1) is 51.1 Å². The standard InChI is InChI=1S/C67H45F3N4/c1-40-6-14-44(15-7-40)48-22-28-61-55(32-48)56-33-49(45-16-8-41(2)9-17-45)23-29-62(56)73(61)65-38-59(54-27-26-53(72-5)37-60(54)67(68,69)70)66(36-52(65)39-71)74-63-30-24-50(46-18-10-42(3)11-19-46)34-57(63)58-35-51(25-31-64(58)74)47-20-12-43(4)13-21-47/h6-38H,1-4H3. The molecule has 0 spiro atoms. The van der Waals surface area contributed by atoms with E-state index in [-0.39, 0.29) is 22.4 Å². The molecule has 0 radical (unpaired) electrons. The molecule has 354 valence electrons. The van der Waals surface area contributed by atoms with Crippen molar-refractivity contribution in [2.24, 2.45) is 0 Å². The summed E-state index contributed by atoms with van der Waals surface area (Å²) in [6.07, 6.45) is -4.83. The number of aromatic nitrogens is 2. The SMILES string of the molecule is [C-]#[N+]c1ccc(-c2cc(-n3c4ccc(-c5ccc(C)cc5)cc4c4cc(-c5ccc(C)cc5)ccc43)c(C#N)cc2-n2c3ccc(-c4ccc(C)cc4)cc3c3cc(-c4ccc(C)cc4)ccc32)c(C(F)(F)F)c1. The molecule has 12 aromatic rings. The second-order valence-corrected chi connectivity index (χ2v) is 19.4. The molecule has 0 fully saturated rings. The lowest BCUT2D eigenvalue weighted by Crippen LogP contribution is -2.09. The van der Waals surface area contributed by atoms with E-state index >= 15 is 13.2 Å². The van der Waals surface area contributed by atoms with Crippen molar-refractivity contribution >= 4 is 49.3 Å². The summed E-state index contributed by atoms with van der Waals surface area (Å²) in [6, 6.07) is 68.2. The summed E-state index contributed by atoms with van der Waals surface area (Å²) in [5.74, 6) is 0. The Balaban J connectivity index is 1.18. The lowest BCUT2D eigenvalue weighted by molar-refractivity contribution is -0.137. The first kappa shape index (κ1) is 45.7. The van der Waals surface area contributed by atoms with Gasteiger partial charge in [0, 0.05) is 27.1 Å². The Morgan fingerprint density at radius 1 is 0.392 bits per heavy atom. The van der Waals surface area contributed by atoms with Gasteiger partial charge in [-0.15, -0.1) is 0 Å². The van der Waals surface area contributed by atoms with E-state index in [0.717, 1.165) is 116 Å². The normalized spacial score (nSPS) is 11.7. The van der Waals surface area contributed by atoms with Crippen molar-refractivity contribution in [2.45, 2.75) is 33.9 Å². The van der Waals surface area contributed by atoms with Crippen LogP contribution in [-0.2, 0) is 6.18 Å². The molecule has 0 amide bonds.